The zero-order chi connectivity index (χ0) is 22.6. The van der Waals surface area contributed by atoms with Crippen LogP contribution in [0.1, 0.15) is 31.7 Å². The average molecular weight is 447 g/mol. The van der Waals surface area contributed by atoms with Crippen LogP contribution in [0.2, 0.25) is 0 Å². The Bertz CT molecular complexity index is 923. The zero-order valence-electron chi connectivity index (χ0n) is 20.1. The van der Waals surface area contributed by atoms with Crippen molar-refractivity contribution in [3.8, 4) is 11.1 Å². The Morgan fingerprint density at radius 2 is 1.58 bits per heavy atom. The number of amides is 1. The van der Waals surface area contributed by atoms with E-state index in [1.807, 2.05) is 0 Å². The summed E-state index contributed by atoms with van der Waals surface area (Å²) in [5.74, 6) is 0.315. The lowest BCUT2D eigenvalue weighted by atomic mass is 9.91. The maximum Gasteiger partial charge on any atom is 0.236 e. The predicted octanol–water partition coefficient (Wildman–Crippen LogP) is 3.73. The van der Waals surface area contributed by atoms with Gasteiger partial charge in [-0.2, -0.15) is 0 Å². The van der Waals surface area contributed by atoms with Crippen molar-refractivity contribution in [2.45, 2.75) is 38.6 Å². The third-order valence-corrected chi connectivity index (χ3v) is 7.89. The molecule has 1 aliphatic carbocycles. The second-order valence-corrected chi connectivity index (χ2v) is 9.87. The van der Waals surface area contributed by atoms with Gasteiger partial charge in [0.15, 0.2) is 0 Å². The zero-order valence-corrected chi connectivity index (χ0v) is 20.1. The molecule has 0 aromatic heterocycles. The summed E-state index contributed by atoms with van der Waals surface area (Å²) in [5.41, 5.74) is 5.22. The molecule has 2 aromatic carbocycles. The molecule has 3 fully saturated rings. The van der Waals surface area contributed by atoms with Crippen LogP contribution in [0.3, 0.4) is 0 Å². The molecule has 0 spiro atoms. The summed E-state index contributed by atoms with van der Waals surface area (Å²) in [6, 6.07) is 18.6. The SMILES string of the molecule is CCc1cccc(-c2ccc(N3CCN(CC(=O)N4CCN(C5CCC5)CC4)CC3)cc2)c1. The molecule has 0 atom stereocenters. The fourth-order valence-corrected chi connectivity index (χ4v) is 5.38. The highest BCUT2D eigenvalue weighted by molar-refractivity contribution is 5.78. The van der Waals surface area contributed by atoms with Crippen LogP contribution < -0.4 is 4.90 Å². The molecular weight excluding hydrogens is 408 g/mol. The highest BCUT2D eigenvalue weighted by atomic mass is 16.2. The van der Waals surface area contributed by atoms with Gasteiger partial charge in [0.25, 0.3) is 0 Å². The molecule has 0 N–H and O–H groups in total. The standard InChI is InChI=1S/C28H38N4O/c1-2-23-5-3-6-25(21-23)24-9-11-27(12-10-24)30-15-13-29(14-16-30)22-28(33)32-19-17-31(18-20-32)26-7-4-8-26/h3,5-6,9-12,21,26H,2,4,7-8,13-20,22H2,1H3. The number of hydrogen-bond donors (Lipinski definition) is 0. The number of rotatable bonds is 6. The molecule has 5 rings (SSSR count). The third-order valence-electron chi connectivity index (χ3n) is 7.89. The van der Waals surface area contributed by atoms with Crippen molar-refractivity contribution in [1.82, 2.24) is 14.7 Å². The number of anilines is 1. The van der Waals surface area contributed by atoms with Crippen molar-refractivity contribution < 1.29 is 4.79 Å². The summed E-state index contributed by atoms with van der Waals surface area (Å²) in [7, 11) is 0. The molecule has 5 heteroatoms. The van der Waals surface area contributed by atoms with Crippen molar-refractivity contribution >= 4 is 11.6 Å². The Hall–Kier alpha value is -2.37. The lowest BCUT2D eigenvalue weighted by Gasteiger charge is -2.43. The van der Waals surface area contributed by atoms with Gasteiger partial charge in [-0.1, -0.05) is 49.7 Å². The Balaban J connectivity index is 1.09. The predicted molar refractivity (Wildman–Crippen MR) is 136 cm³/mol. The number of benzene rings is 2. The van der Waals surface area contributed by atoms with Gasteiger partial charge in [0.1, 0.15) is 0 Å². The van der Waals surface area contributed by atoms with E-state index in [-0.39, 0.29) is 0 Å². The molecule has 2 heterocycles. The molecule has 2 aliphatic heterocycles. The van der Waals surface area contributed by atoms with E-state index < -0.39 is 0 Å². The van der Waals surface area contributed by atoms with Gasteiger partial charge < -0.3 is 9.80 Å². The molecule has 1 amide bonds. The van der Waals surface area contributed by atoms with Crippen LogP contribution in [0.25, 0.3) is 11.1 Å². The quantitative estimate of drug-likeness (QED) is 0.676. The van der Waals surface area contributed by atoms with Crippen LogP contribution in [0, 0.1) is 0 Å². The van der Waals surface area contributed by atoms with Crippen molar-refractivity contribution in [2.75, 3.05) is 63.8 Å². The monoisotopic (exact) mass is 446 g/mol. The maximum absolute atomic E-state index is 12.8. The Morgan fingerprint density at radius 3 is 2.21 bits per heavy atom. The van der Waals surface area contributed by atoms with Crippen molar-refractivity contribution in [3.05, 3.63) is 54.1 Å². The van der Waals surface area contributed by atoms with Crippen molar-refractivity contribution in [3.63, 3.8) is 0 Å². The second-order valence-electron chi connectivity index (χ2n) is 9.87. The third kappa shape index (κ3) is 5.25. The second kappa shape index (κ2) is 10.3. The van der Waals surface area contributed by atoms with E-state index in [4.69, 9.17) is 0 Å². The summed E-state index contributed by atoms with van der Waals surface area (Å²) in [6.07, 6.45) is 5.15. The average Bonchev–Trinajstić information content (AvgIpc) is 2.84. The van der Waals surface area contributed by atoms with Crippen molar-refractivity contribution in [2.24, 2.45) is 0 Å². The molecule has 3 aliphatic rings. The minimum Gasteiger partial charge on any atom is -0.369 e. The summed E-state index contributed by atoms with van der Waals surface area (Å²) in [6.45, 7) is 10.6. The van der Waals surface area contributed by atoms with Crippen molar-refractivity contribution in [1.29, 1.82) is 0 Å². The van der Waals surface area contributed by atoms with E-state index in [0.29, 0.717) is 12.5 Å². The summed E-state index contributed by atoms with van der Waals surface area (Å²) < 4.78 is 0. The lowest BCUT2D eigenvalue weighted by molar-refractivity contribution is -0.134. The van der Waals surface area contributed by atoms with E-state index in [9.17, 15) is 4.79 Å². The fourth-order valence-electron chi connectivity index (χ4n) is 5.38. The molecule has 1 saturated carbocycles. The van der Waals surface area contributed by atoms with Crippen LogP contribution >= 0.6 is 0 Å². The highest BCUT2D eigenvalue weighted by Gasteiger charge is 2.30. The molecular formula is C28H38N4O. The first-order valence-electron chi connectivity index (χ1n) is 12.9. The molecule has 0 unspecified atom stereocenters. The highest BCUT2D eigenvalue weighted by Crippen LogP contribution is 2.26. The number of carbonyl (C=O) groups is 1. The van der Waals surface area contributed by atoms with Gasteiger partial charge in [-0.15, -0.1) is 0 Å². The molecule has 176 valence electrons. The Morgan fingerprint density at radius 1 is 0.848 bits per heavy atom. The smallest absolute Gasteiger partial charge is 0.236 e. The fraction of sp³-hybridized carbons (Fsp3) is 0.536. The molecule has 2 aromatic rings. The minimum atomic E-state index is 0.315. The number of hydrogen-bond acceptors (Lipinski definition) is 4. The molecule has 0 radical (unpaired) electrons. The largest absolute Gasteiger partial charge is 0.369 e. The van der Waals surface area contributed by atoms with Gasteiger partial charge in [0.2, 0.25) is 5.91 Å². The number of piperazine rings is 2. The van der Waals surface area contributed by atoms with Gasteiger partial charge >= 0.3 is 0 Å². The Kier molecular flexibility index (Phi) is 6.98. The normalized spacial score (nSPS) is 20.6. The summed E-state index contributed by atoms with van der Waals surface area (Å²) in [4.78, 5) is 22.3. The molecule has 2 saturated heterocycles. The topological polar surface area (TPSA) is 30.0 Å². The van der Waals surface area contributed by atoms with E-state index in [1.54, 1.807) is 0 Å². The van der Waals surface area contributed by atoms with Crippen LogP contribution in [0.5, 0.6) is 0 Å². The van der Waals surface area contributed by atoms with Crippen LogP contribution in [0.4, 0.5) is 5.69 Å². The molecule has 33 heavy (non-hydrogen) atoms. The number of carbonyl (C=O) groups excluding carboxylic acids is 1. The molecule has 0 bridgehead atoms. The number of aryl methyl sites for hydroxylation is 1. The van der Waals surface area contributed by atoms with Gasteiger partial charge in [-0.3, -0.25) is 14.6 Å². The summed E-state index contributed by atoms with van der Waals surface area (Å²) in [5, 5.41) is 0. The first-order chi connectivity index (χ1) is 16.2. The van der Waals surface area contributed by atoms with Gasteiger partial charge in [0, 0.05) is 64.1 Å². The van der Waals surface area contributed by atoms with E-state index in [0.717, 1.165) is 64.8 Å². The summed E-state index contributed by atoms with van der Waals surface area (Å²) >= 11 is 0. The molecule has 5 nitrogen and oxygen atoms in total. The van der Waals surface area contributed by atoms with E-state index in [2.05, 4.69) is 75.1 Å². The van der Waals surface area contributed by atoms with Gasteiger partial charge in [-0.25, -0.2) is 0 Å². The Labute approximate surface area is 199 Å². The van der Waals surface area contributed by atoms with Gasteiger partial charge in [0.05, 0.1) is 6.54 Å². The maximum atomic E-state index is 12.8. The number of nitrogens with zero attached hydrogens (tertiary/aromatic N) is 4. The van der Waals surface area contributed by atoms with E-state index >= 15 is 0 Å². The minimum absolute atomic E-state index is 0.315. The first kappa shape index (κ1) is 22.4. The first-order valence-corrected chi connectivity index (χ1v) is 12.9. The van der Waals surface area contributed by atoms with Gasteiger partial charge in [-0.05, 0) is 48.1 Å². The van der Waals surface area contributed by atoms with E-state index in [1.165, 1.54) is 41.6 Å². The van der Waals surface area contributed by atoms with Crippen LogP contribution in [0.15, 0.2) is 48.5 Å². The lowest BCUT2D eigenvalue weighted by Crippen LogP contribution is -2.56. The van der Waals surface area contributed by atoms with Crippen LogP contribution in [-0.2, 0) is 11.2 Å². The van der Waals surface area contributed by atoms with Crippen LogP contribution in [-0.4, -0.2) is 85.6 Å².